The van der Waals surface area contributed by atoms with Crippen LogP contribution in [0.25, 0.3) is 0 Å². The monoisotopic (exact) mass is 436 g/mol. The second-order valence-corrected chi connectivity index (χ2v) is 9.31. The Morgan fingerprint density at radius 1 is 1.17 bits per heavy atom. The molecule has 0 spiro atoms. The largest absolute Gasteiger partial charge is 0.497 e. The highest BCUT2D eigenvalue weighted by molar-refractivity contribution is 7.89. The topological polar surface area (TPSA) is 75.7 Å². The Morgan fingerprint density at radius 3 is 2.41 bits per heavy atom. The maximum absolute atomic E-state index is 12.9. The smallest absolute Gasteiger partial charge is 0.253 e. The summed E-state index contributed by atoms with van der Waals surface area (Å²) in [6, 6.07) is 11.5. The highest BCUT2D eigenvalue weighted by Gasteiger charge is 2.28. The zero-order chi connectivity index (χ0) is 21.0. The third kappa shape index (κ3) is 4.74. The highest BCUT2D eigenvalue weighted by Crippen LogP contribution is 2.27. The van der Waals surface area contributed by atoms with Gasteiger partial charge >= 0.3 is 0 Å². The van der Waals surface area contributed by atoms with E-state index in [4.69, 9.17) is 16.3 Å². The van der Waals surface area contributed by atoms with Crippen LogP contribution in [-0.2, 0) is 10.0 Å². The van der Waals surface area contributed by atoms with E-state index in [-0.39, 0.29) is 21.5 Å². The molecule has 3 rings (SSSR count). The van der Waals surface area contributed by atoms with Crippen molar-refractivity contribution in [2.24, 2.45) is 0 Å². The first-order valence-electron chi connectivity index (χ1n) is 9.61. The molecule has 0 aliphatic carbocycles. The molecule has 1 aliphatic heterocycles. The minimum atomic E-state index is -3.62. The van der Waals surface area contributed by atoms with Gasteiger partial charge in [0.1, 0.15) is 5.75 Å². The van der Waals surface area contributed by atoms with E-state index in [1.54, 1.807) is 7.11 Å². The van der Waals surface area contributed by atoms with E-state index in [1.807, 2.05) is 31.2 Å². The zero-order valence-corrected chi connectivity index (χ0v) is 18.1. The number of amides is 1. The van der Waals surface area contributed by atoms with Gasteiger partial charge < -0.3 is 10.1 Å². The first-order chi connectivity index (χ1) is 13.9. The number of carbonyl (C=O) groups is 1. The average Bonchev–Trinajstić information content (AvgIpc) is 3.28. The molecule has 0 unspecified atom stereocenters. The normalized spacial score (nSPS) is 15.8. The van der Waals surface area contributed by atoms with Gasteiger partial charge in [0.2, 0.25) is 10.0 Å². The Kier molecular flexibility index (Phi) is 6.82. The number of halogens is 1. The van der Waals surface area contributed by atoms with Gasteiger partial charge in [-0.3, -0.25) is 4.79 Å². The van der Waals surface area contributed by atoms with Crippen LogP contribution in [0.15, 0.2) is 47.4 Å². The number of methoxy groups -OCH3 is 1. The summed E-state index contributed by atoms with van der Waals surface area (Å²) in [7, 11) is -2.03. The van der Waals surface area contributed by atoms with Crippen LogP contribution in [0.3, 0.4) is 0 Å². The summed E-state index contributed by atoms with van der Waals surface area (Å²) in [4.78, 5) is 13.0. The number of rotatable bonds is 7. The molecule has 0 bridgehead atoms. The first kappa shape index (κ1) is 21.6. The molecule has 29 heavy (non-hydrogen) atoms. The van der Waals surface area contributed by atoms with E-state index in [0.717, 1.165) is 24.2 Å². The van der Waals surface area contributed by atoms with Crippen molar-refractivity contribution < 1.29 is 17.9 Å². The number of ether oxygens (including phenoxy) is 1. The fourth-order valence-corrected chi connectivity index (χ4v) is 5.16. The number of hydrogen-bond donors (Lipinski definition) is 1. The van der Waals surface area contributed by atoms with Gasteiger partial charge in [-0.25, -0.2) is 8.42 Å². The summed E-state index contributed by atoms with van der Waals surface area (Å²) < 4.78 is 32.3. The van der Waals surface area contributed by atoms with Crippen molar-refractivity contribution in [1.82, 2.24) is 9.62 Å². The van der Waals surface area contributed by atoms with Gasteiger partial charge in [0.15, 0.2) is 0 Å². The van der Waals surface area contributed by atoms with Crippen LogP contribution in [0, 0.1) is 0 Å². The van der Waals surface area contributed by atoms with Crippen LogP contribution >= 0.6 is 11.6 Å². The van der Waals surface area contributed by atoms with E-state index < -0.39 is 15.9 Å². The number of sulfonamides is 1. The number of nitrogens with zero attached hydrogens (tertiary/aromatic N) is 1. The number of hydrogen-bond acceptors (Lipinski definition) is 4. The Bertz CT molecular complexity index is 971. The van der Waals surface area contributed by atoms with Crippen molar-refractivity contribution in [3.8, 4) is 5.75 Å². The number of benzene rings is 2. The minimum Gasteiger partial charge on any atom is -0.497 e. The average molecular weight is 437 g/mol. The molecule has 1 saturated heterocycles. The fourth-order valence-electron chi connectivity index (χ4n) is 3.41. The van der Waals surface area contributed by atoms with Crippen LogP contribution in [0.2, 0.25) is 5.02 Å². The van der Waals surface area contributed by atoms with Gasteiger partial charge in [-0.15, -0.1) is 0 Å². The van der Waals surface area contributed by atoms with Crippen LogP contribution in [0.1, 0.15) is 48.1 Å². The zero-order valence-electron chi connectivity index (χ0n) is 16.5. The molecular formula is C21H25ClN2O4S. The lowest BCUT2D eigenvalue weighted by Crippen LogP contribution is -2.30. The molecule has 1 N–H and O–H groups in total. The summed E-state index contributed by atoms with van der Waals surface area (Å²) in [5, 5.41) is 3.17. The summed E-state index contributed by atoms with van der Waals surface area (Å²) in [5.41, 5.74) is 1.08. The van der Waals surface area contributed by atoms with Crippen LogP contribution in [0.5, 0.6) is 5.75 Å². The van der Waals surface area contributed by atoms with Crippen LogP contribution < -0.4 is 10.1 Å². The molecule has 0 radical (unpaired) electrons. The summed E-state index contributed by atoms with van der Waals surface area (Å²) in [6.07, 6.45) is 2.36. The maximum atomic E-state index is 12.9. The van der Waals surface area contributed by atoms with E-state index in [9.17, 15) is 13.2 Å². The lowest BCUT2D eigenvalue weighted by molar-refractivity contribution is 0.0935. The first-order valence-corrected chi connectivity index (χ1v) is 11.4. The Morgan fingerprint density at radius 2 is 1.83 bits per heavy atom. The van der Waals surface area contributed by atoms with Crippen molar-refractivity contribution in [1.29, 1.82) is 0 Å². The summed E-state index contributed by atoms with van der Waals surface area (Å²) in [5.74, 6) is 0.328. The van der Waals surface area contributed by atoms with E-state index >= 15 is 0 Å². The molecule has 156 valence electrons. The van der Waals surface area contributed by atoms with Gasteiger partial charge in [0.25, 0.3) is 5.91 Å². The maximum Gasteiger partial charge on any atom is 0.253 e. The summed E-state index contributed by atoms with van der Waals surface area (Å²) in [6.45, 7) is 2.97. The number of nitrogens with one attached hydrogen (secondary N) is 1. The third-order valence-electron chi connectivity index (χ3n) is 5.12. The van der Waals surface area contributed by atoms with E-state index in [2.05, 4.69) is 5.32 Å². The Hall–Kier alpha value is -2.09. The van der Waals surface area contributed by atoms with Crippen molar-refractivity contribution in [2.45, 2.75) is 37.1 Å². The van der Waals surface area contributed by atoms with E-state index in [1.165, 1.54) is 22.5 Å². The molecule has 8 heteroatoms. The second-order valence-electron chi connectivity index (χ2n) is 6.96. The molecule has 1 heterocycles. The van der Waals surface area contributed by atoms with E-state index in [0.29, 0.717) is 19.5 Å². The number of carbonyl (C=O) groups excluding carboxylic acids is 1. The Balaban J connectivity index is 1.84. The third-order valence-corrected chi connectivity index (χ3v) is 7.34. The van der Waals surface area contributed by atoms with Gasteiger partial charge in [0, 0.05) is 13.1 Å². The SMILES string of the molecule is CC[C@H](NC(=O)c1cc(S(=O)(=O)N2CCCC2)ccc1Cl)c1ccc(OC)cc1. The minimum absolute atomic E-state index is 0.0893. The Labute approximate surface area is 176 Å². The molecule has 0 saturated carbocycles. The van der Waals surface area contributed by atoms with Gasteiger partial charge in [-0.05, 0) is 55.2 Å². The highest BCUT2D eigenvalue weighted by atomic mass is 35.5. The summed E-state index contributed by atoms with van der Waals surface area (Å²) >= 11 is 6.23. The molecule has 2 aromatic rings. The van der Waals surface area contributed by atoms with Crippen molar-refractivity contribution in [2.75, 3.05) is 20.2 Å². The lowest BCUT2D eigenvalue weighted by atomic mass is 10.0. The molecular weight excluding hydrogens is 412 g/mol. The van der Waals surface area contributed by atoms with Gasteiger partial charge in [0.05, 0.1) is 28.6 Å². The molecule has 6 nitrogen and oxygen atoms in total. The molecule has 2 aromatic carbocycles. The molecule has 1 aliphatic rings. The van der Waals surface area contributed by atoms with Crippen molar-refractivity contribution in [3.63, 3.8) is 0 Å². The standard InChI is InChI=1S/C21H25ClN2O4S/c1-3-20(15-6-8-16(28-2)9-7-15)23-21(25)18-14-17(10-11-19(18)22)29(26,27)24-12-4-5-13-24/h6-11,14,20H,3-5,12-13H2,1-2H3,(H,23,25)/t20-/m0/s1. The second kappa shape index (κ2) is 9.15. The molecule has 1 amide bonds. The van der Waals surface area contributed by atoms with Crippen LogP contribution in [-0.4, -0.2) is 38.8 Å². The molecule has 1 atom stereocenters. The van der Waals surface area contributed by atoms with Crippen molar-refractivity contribution >= 4 is 27.5 Å². The van der Waals surface area contributed by atoms with Crippen LogP contribution in [0.4, 0.5) is 0 Å². The quantitative estimate of drug-likeness (QED) is 0.711. The molecule has 0 aromatic heterocycles. The predicted octanol–water partition coefficient (Wildman–Crippen LogP) is 4.01. The van der Waals surface area contributed by atoms with Crippen molar-refractivity contribution in [3.05, 3.63) is 58.6 Å². The van der Waals surface area contributed by atoms with Gasteiger partial charge in [-0.2, -0.15) is 4.31 Å². The fraction of sp³-hybridized carbons (Fsp3) is 0.381. The lowest BCUT2D eigenvalue weighted by Gasteiger charge is -2.19. The molecule has 1 fully saturated rings. The predicted molar refractivity (Wildman–Crippen MR) is 113 cm³/mol. The van der Waals surface area contributed by atoms with Gasteiger partial charge in [-0.1, -0.05) is 30.7 Å².